The molecule has 4 aromatic rings. The number of benzene rings is 1. The number of pyridine rings is 1. The van der Waals surface area contributed by atoms with E-state index in [0.29, 0.717) is 24.2 Å². The quantitative estimate of drug-likeness (QED) is 0.346. The van der Waals surface area contributed by atoms with E-state index in [1.54, 1.807) is 47.2 Å². The summed E-state index contributed by atoms with van der Waals surface area (Å²) in [5.74, 6) is -0.794. The number of likely N-dealkylation sites (N-methyl/N-ethyl adjacent to an activating group) is 1. The van der Waals surface area contributed by atoms with Gasteiger partial charge in [0, 0.05) is 31.9 Å². The highest BCUT2D eigenvalue weighted by Gasteiger charge is 2.40. The van der Waals surface area contributed by atoms with Gasteiger partial charge >= 0.3 is 6.09 Å². The number of amides is 1. The predicted octanol–water partition coefficient (Wildman–Crippen LogP) is 3.79. The summed E-state index contributed by atoms with van der Waals surface area (Å²) in [6.07, 6.45) is 6.69. The highest BCUT2D eigenvalue weighted by molar-refractivity contribution is 5.67. The number of nitrogens with two attached hydrogens (primary N) is 1. The minimum atomic E-state index is -1.39. The van der Waals surface area contributed by atoms with Gasteiger partial charge in [0.2, 0.25) is 0 Å². The number of nitrogens with zero attached hydrogens (tertiary/aromatic N) is 5. The molecule has 1 amide bonds. The Morgan fingerprint density at radius 1 is 1.21 bits per heavy atom. The first-order valence-corrected chi connectivity index (χ1v) is 14.2. The number of halogens is 2. The second kappa shape index (κ2) is 11.3. The molecule has 2 aliphatic rings. The Bertz CT molecular complexity index is 1640. The Morgan fingerprint density at radius 3 is 2.60 bits per heavy atom. The highest BCUT2D eigenvalue weighted by Crippen LogP contribution is 2.39. The van der Waals surface area contributed by atoms with E-state index < -0.39 is 23.3 Å². The van der Waals surface area contributed by atoms with Gasteiger partial charge in [-0.1, -0.05) is 6.92 Å². The van der Waals surface area contributed by atoms with E-state index in [-0.39, 0.29) is 54.0 Å². The van der Waals surface area contributed by atoms with Crippen molar-refractivity contribution in [1.29, 1.82) is 0 Å². The zero-order chi connectivity index (χ0) is 30.5. The van der Waals surface area contributed by atoms with Crippen LogP contribution in [0, 0.1) is 17.6 Å². The van der Waals surface area contributed by atoms with Crippen molar-refractivity contribution in [3.8, 4) is 11.3 Å². The molecule has 226 valence electrons. The molecule has 0 unspecified atom stereocenters. The maximum Gasteiger partial charge on any atom is 0.409 e. The highest BCUT2D eigenvalue weighted by atomic mass is 19.1. The van der Waals surface area contributed by atoms with Crippen molar-refractivity contribution in [2.24, 2.45) is 11.7 Å². The van der Waals surface area contributed by atoms with Crippen molar-refractivity contribution in [2.75, 3.05) is 27.4 Å². The molecule has 43 heavy (non-hydrogen) atoms. The van der Waals surface area contributed by atoms with Gasteiger partial charge in [0.25, 0.3) is 0 Å². The summed E-state index contributed by atoms with van der Waals surface area (Å²) >= 11 is 0. The normalized spacial score (nSPS) is 23.1. The lowest BCUT2D eigenvalue weighted by Crippen LogP contribution is -2.55. The molecule has 1 aliphatic heterocycles. The summed E-state index contributed by atoms with van der Waals surface area (Å²) in [5, 5.41) is 15.0. The number of aliphatic hydroxyl groups is 1. The second-order valence-corrected chi connectivity index (χ2v) is 11.7. The van der Waals surface area contributed by atoms with Gasteiger partial charge in [-0.3, -0.25) is 4.98 Å². The van der Waals surface area contributed by atoms with E-state index in [0.717, 1.165) is 29.7 Å². The van der Waals surface area contributed by atoms with Crippen LogP contribution in [0.15, 0.2) is 48.9 Å². The number of hydrogen-bond acceptors (Lipinski definition) is 8. The molecule has 1 aliphatic carbocycles. The Balaban J connectivity index is 1.28. The fourth-order valence-corrected chi connectivity index (χ4v) is 6.65. The lowest BCUT2D eigenvalue weighted by molar-refractivity contribution is -0.184. The fourth-order valence-electron chi connectivity index (χ4n) is 6.65. The molecule has 1 aromatic carbocycles. The number of carbonyl (C=O) groups excluding carboxylic acids is 1. The number of aromatic nitrogens is 4. The van der Waals surface area contributed by atoms with E-state index in [4.69, 9.17) is 15.2 Å². The first-order valence-electron chi connectivity index (χ1n) is 14.2. The summed E-state index contributed by atoms with van der Waals surface area (Å²) in [6.45, 7) is 2.07. The second-order valence-electron chi connectivity index (χ2n) is 11.7. The third kappa shape index (κ3) is 5.23. The number of methoxy groups -OCH3 is 1. The van der Waals surface area contributed by atoms with Crippen molar-refractivity contribution in [3.05, 3.63) is 83.1 Å². The van der Waals surface area contributed by atoms with E-state index in [1.807, 2.05) is 6.07 Å². The third-order valence-electron chi connectivity index (χ3n) is 8.85. The zero-order valence-corrected chi connectivity index (χ0v) is 24.2. The minimum Gasteiger partial charge on any atom is -0.453 e. The van der Waals surface area contributed by atoms with Crippen LogP contribution < -0.4 is 5.73 Å². The largest absolute Gasteiger partial charge is 0.453 e. The van der Waals surface area contributed by atoms with Crippen LogP contribution in [-0.2, 0) is 21.5 Å². The smallest absolute Gasteiger partial charge is 0.409 e. The predicted molar refractivity (Wildman–Crippen MR) is 153 cm³/mol. The number of imidazole rings is 1. The van der Waals surface area contributed by atoms with Crippen LogP contribution >= 0.6 is 0 Å². The Labute approximate surface area is 247 Å². The number of rotatable bonds is 6. The molecule has 0 radical (unpaired) electrons. The van der Waals surface area contributed by atoms with Crippen LogP contribution in [0.1, 0.15) is 48.2 Å². The maximum atomic E-state index is 15.2. The summed E-state index contributed by atoms with van der Waals surface area (Å²) in [7, 11) is 3.08. The molecule has 3 N–H and O–H groups in total. The first-order chi connectivity index (χ1) is 20.6. The SMILES string of the molecule is COC(=O)N(C)[C@@H]1[C@H](N)C[C@H](c2ccncc2Cc2ncc3ccc(-c4c(F)cc(C5(O)COC5)cc4F)nn23)C[C@@H]1C. The Hall–Kier alpha value is -4.00. The monoisotopic (exact) mass is 592 g/mol. The molecular weight excluding hydrogens is 558 g/mol. The summed E-state index contributed by atoms with van der Waals surface area (Å²) < 4.78 is 42.0. The van der Waals surface area contributed by atoms with Crippen LogP contribution in [0.25, 0.3) is 16.8 Å². The van der Waals surface area contributed by atoms with Crippen molar-refractivity contribution in [3.63, 3.8) is 0 Å². The van der Waals surface area contributed by atoms with Gasteiger partial charge in [-0.05, 0) is 71.7 Å². The van der Waals surface area contributed by atoms with Gasteiger partial charge in [0.15, 0.2) is 0 Å². The molecule has 3 aromatic heterocycles. The van der Waals surface area contributed by atoms with Gasteiger partial charge in [-0.2, -0.15) is 5.10 Å². The topological polar surface area (TPSA) is 128 Å². The number of fused-ring (bicyclic) bond motifs is 1. The van der Waals surface area contributed by atoms with Gasteiger partial charge in [0.1, 0.15) is 23.1 Å². The van der Waals surface area contributed by atoms with Crippen molar-refractivity contribution in [1.82, 2.24) is 24.5 Å². The molecule has 0 bridgehead atoms. The standard InChI is InChI=1S/C31H34F2N6O4/c1-17-8-18(9-25(34)29(17)38(2)30(40)42-3)22-6-7-35-13-19(22)10-27-36-14-21-4-5-26(37-39(21)27)28-23(32)11-20(12-24(28)33)31(41)15-43-16-31/h4-7,11-14,17-18,25,29,41H,8-10,15-16,34H2,1-3H3/t17-,18+,25+,29-/m0/s1. The van der Waals surface area contributed by atoms with E-state index in [1.165, 1.54) is 7.11 Å². The molecule has 4 atom stereocenters. The van der Waals surface area contributed by atoms with Gasteiger partial charge < -0.3 is 25.2 Å². The van der Waals surface area contributed by atoms with Gasteiger partial charge in [0.05, 0.1) is 49.3 Å². The van der Waals surface area contributed by atoms with Crippen LogP contribution in [-0.4, -0.2) is 75.1 Å². The van der Waals surface area contributed by atoms with Crippen LogP contribution in [0.4, 0.5) is 13.6 Å². The number of carbonyl (C=O) groups is 1. The number of hydrogen-bond donors (Lipinski definition) is 2. The van der Waals surface area contributed by atoms with Crippen molar-refractivity contribution >= 4 is 11.6 Å². The van der Waals surface area contributed by atoms with E-state index in [2.05, 4.69) is 22.0 Å². The maximum absolute atomic E-state index is 15.2. The van der Waals surface area contributed by atoms with E-state index in [9.17, 15) is 9.90 Å². The molecule has 6 rings (SSSR count). The van der Waals surface area contributed by atoms with Crippen molar-refractivity contribution < 1.29 is 28.2 Å². The first kappa shape index (κ1) is 29.1. The van der Waals surface area contributed by atoms with Crippen LogP contribution in [0.5, 0.6) is 0 Å². The molecule has 12 heteroatoms. The molecule has 2 fully saturated rings. The van der Waals surface area contributed by atoms with Crippen LogP contribution in [0.2, 0.25) is 0 Å². The molecule has 10 nitrogen and oxygen atoms in total. The van der Waals surface area contributed by atoms with E-state index >= 15 is 8.78 Å². The Morgan fingerprint density at radius 2 is 1.95 bits per heavy atom. The average molecular weight is 593 g/mol. The minimum absolute atomic E-state index is 0.0129. The van der Waals surface area contributed by atoms with Crippen LogP contribution in [0.3, 0.4) is 0 Å². The Kier molecular flexibility index (Phi) is 7.61. The molecule has 0 spiro atoms. The summed E-state index contributed by atoms with van der Waals surface area (Å²) in [5.41, 5.74) is 7.88. The lowest BCUT2D eigenvalue weighted by Gasteiger charge is -2.43. The molecule has 4 heterocycles. The fraction of sp³-hybridized carbons (Fsp3) is 0.419. The van der Waals surface area contributed by atoms with Gasteiger partial charge in [-0.15, -0.1) is 0 Å². The third-order valence-corrected chi connectivity index (χ3v) is 8.85. The lowest BCUT2D eigenvalue weighted by atomic mass is 9.72. The molecular formula is C31H34F2N6O4. The average Bonchev–Trinajstić information content (AvgIpc) is 3.36. The van der Waals surface area contributed by atoms with Gasteiger partial charge in [-0.25, -0.2) is 23.1 Å². The zero-order valence-electron chi connectivity index (χ0n) is 24.2. The summed E-state index contributed by atoms with van der Waals surface area (Å²) in [6, 6.07) is 7.12. The van der Waals surface area contributed by atoms with Crippen molar-refractivity contribution in [2.45, 2.75) is 49.8 Å². The molecule has 1 saturated carbocycles. The summed E-state index contributed by atoms with van der Waals surface area (Å²) in [4.78, 5) is 22.7. The molecule has 1 saturated heterocycles. The number of ether oxygens (including phenoxy) is 2.